The van der Waals surface area contributed by atoms with E-state index in [9.17, 15) is 13.2 Å². The van der Waals surface area contributed by atoms with Crippen molar-refractivity contribution in [1.29, 1.82) is 0 Å². The van der Waals surface area contributed by atoms with Crippen LogP contribution in [0.3, 0.4) is 0 Å². The molecule has 1 amide bonds. The van der Waals surface area contributed by atoms with Gasteiger partial charge in [-0.25, -0.2) is 13.8 Å². The third-order valence-corrected chi connectivity index (χ3v) is 6.80. The molecule has 0 spiro atoms. The lowest BCUT2D eigenvalue weighted by Gasteiger charge is -2.24. The van der Waals surface area contributed by atoms with Crippen LogP contribution in [0.5, 0.6) is 5.75 Å². The SMILES string of the molecule is COc1ccc(S(=O)(=O)N(CC(=O)N/N=C\c2cccnc2)c2ccc(C)cc2)cc1Br. The number of hydrogen-bond donors (Lipinski definition) is 1. The number of amides is 1. The third-order valence-electron chi connectivity index (χ3n) is 4.41. The van der Waals surface area contributed by atoms with Gasteiger partial charge in [0.15, 0.2) is 0 Å². The standard InChI is InChI=1S/C22H21BrN4O4S/c1-16-5-7-18(8-6-16)27(15-22(28)26-25-14-17-4-3-11-24-13-17)32(29,30)19-9-10-21(31-2)20(23)12-19/h3-14H,15H2,1-2H3,(H,26,28)/b25-14-. The number of methoxy groups -OCH3 is 1. The zero-order valence-corrected chi connectivity index (χ0v) is 19.8. The molecule has 2 aromatic carbocycles. The number of halogens is 1. The van der Waals surface area contributed by atoms with Crippen LogP contribution in [0.2, 0.25) is 0 Å². The van der Waals surface area contributed by atoms with E-state index in [0.717, 1.165) is 9.87 Å². The Morgan fingerprint density at radius 3 is 2.59 bits per heavy atom. The lowest BCUT2D eigenvalue weighted by Crippen LogP contribution is -2.39. The molecule has 0 aliphatic rings. The highest BCUT2D eigenvalue weighted by atomic mass is 79.9. The first-order valence-electron chi connectivity index (χ1n) is 9.46. The van der Waals surface area contributed by atoms with E-state index in [0.29, 0.717) is 21.5 Å². The molecule has 0 atom stereocenters. The van der Waals surface area contributed by atoms with Crippen LogP contribution in [0.25, 0.3) is 0 Å². The van der Waals surface area contributed by atoms with Crippen LogP contribution in [0.1, 0.15) is 11.1 Å². The first-order chi connectivity index (χ1) is 15.3. The van der Waals surface area contributed by atoms with Crippen LogP contribution in [0, 0.1) is 6.92 Å². The molecule has 166 valence electrons. The van der Waals surface area contributed by atoms with E-state index in [-0.39, 0.29) is 4.90 Å². The summed E-state index contributed by atoms with van der Waals surface area (Å²) in [6.07, 6.45) is 4.63. The van der Waals surface area contributed by atoms with Crippen molar-refractivity contribution in [3.8, 4) is 5.75 Å². The highest BCUT2D eigenvalue weighted by Gasteiger charge is 2.28. The number of ether oxygens (including phenoxy) is 1. The molecule has 1 N–H and O–H groups in total. The Balaban J connectivity index is 1.88. The fourth-order valence-corrected chi connectivity index (χ4v) is 4.90. The van der Waals surface area contributed by atoms with Gasteiger partial charge in [-0.05, 0) is 59.3 Å². The fourth-order valence-electron chi connectivity index (χ4n) is 2.76. The van der Waals surface area contributed by atoms with Crippen molar-refractivity contribution in [3.05, 3.63) is 82.6 Å². The average Bonchev–Trinajstić information content (AvgIpc) is 2.79. The maximum absolute atomic E-state index is 13.4. The summed E-state index contributed by atoms with van der Waals surface area (Å²) in [5, 5.41) is 3.88. The number of nitrogens with one attached hydrogen (secondary N) is 1. The molecule has 0 unspecified atom stereocenters. The quantitative estimate of drug-likeness (QED) is 0.364. The summed E-state index contributed by atoms with van der Waals surface area (Å²) in [6, 6.07) is 14.8. The molecule has 3 rings (SSSR count). The van der Waals surface area contributed by atoms with Crippen molar-refractivity contribution < 1.29 is 17.9 Å². The number of nitrogens with zero attached hydrogens (tertiary/aromatic N) is 3. The number of hydrazone groups is 1. The Labute approximate surface area is 195 Å². The van der Waals surface area contributed by atoms with E-state index < -0.39 is 22.5 Å². The summed E-state index contributed by atoms with van der Waals surface area (Å²) in [5.41, 5.74) is 4.37. The molecular formula is C22H21BrN4O4S. The molecule has 0 saturated carbocycles. The number of benzene rings is 2. The minimum Gasteiger partial charge on any atom is -0.496 e. The Morgan fingerprint density at radius 2 is 1.97 bits per heavy atom. The lowest BCUT2D eigenvalue weighted by atomic mass is 10.2. The first-order valence-corrected chi connectivity index (χ1v) is 11.7. The predicted molar refractivity (Wildman–Crippen MR) is 126 cm³/mol. The molecule has 8 nitrogen and oxygen atoms in total. The summed E-state index contributed by atoms with van der Waals surface area (Å²) in [6.45, 7) is 1.43. The van der Waals surface area contributed by atoms with Crippen molar-refractivity contribution in [1.82, 2.24) is 10.4 Å². The maximum atomic E-state index is 13.4. The van der Waals surface area contributed by atoms with Gasteiger partial charge in [-0.3, -0.25) is 14.1 Å². The second kappa shape index (κ2) is 10.4. The summed E-state index contributed by atoms with van der Waals surface area (Å²) < 4.78 is 33.6. The van der Waals surface area contributed by atoms with Gasteiger partial charge >= 0.3 is 0 Å². The molecule has 3 aromatic rings. The molecule has 32 heavy (non-hydrogen) atoms. The van der Waals surface area contributed by atoms with Gasteiger partial charge in [0.2, 0.25) is 0 Å². The highest BCUT2D eigenvalue weighted by Crippen LogP contribution is 2.30. The number of pyridine rings is 1. The number of carbonyl (C=O) groups excluding carboxylic acids is 1. The minimum absolute atomic E-state index is 0.0115. The van der Waals surface area contributed by atoms with Gasteiger partial charge < -0.3 is 4.74 Å². The maximum Gasteiger partial charge on any atom is 0.264 e. The van der Waals surface area contributed by atoms with Crippen molar-refractivity contribution in [2.45, 2.75) is 11.8 Å². The van der Waals surface area contributed by atoms with Crippen molar-refractivity contribution in [2.24, 2.45) is 5.10 Å². The third kappa shape index (κ3) is 5.71. The van der Waals surface area contributed by atoms with Gasteiger partial charge in [-0.2, -0.15) is 5.10 Å². The topological polar surface area (TPSA) is 101 Å². The van der Waals surface area contributed by atoms with Crippen molar-refractivity contribution in [2.75, 3.05) is 18.0 Å². The highest BCUT2D eigenvalue weighted by molar-refractivity contribution is 9.10. The average molecular weight is 517 g/mol. The van der Waals surface area contributed by atoms with Crippen LogP contribution in [-0.4, -0.2) is 39.2 Å². The number of carbonyl (C=O) groups is 1. The number of hydrogen-bond acceptors (Lipinski definition) is 6. The number of aryl methyl sites for hydroxylation is 1. The molecule has 0 bridgehead atoms. The van der Waals surface area contributed by atoms with E-state index in [4.69, 9.17) is 4.74 Å². The van der Waals surface area contributed by atoms with Gasteiger partial charge in [0.25, 0.3) is 15.9 Å². The smallest absolute Gasteiger partial charge is 0.264 e. The van der Waals surface area contributed by atoms with Gasteiger partial charge in [0.05, 0.1) is 28.4 Å². The molecule has 1 heterocycles. The Kier molecular flexibility index (Phi) is 7.60. The van der Waals surface area contributed by atoms with E-state index in [1.807, 2.05) is 6.92 Å². The van der Waals surface area contributed by atoms with Gasteiger partial charge in [0, 0.05) is 18.0 Å². The second-order valence-corrected chi connectivity index (χ2v) is 9.44. The molecule has 0 radical (unpaired) electrons. The summed E-state index contributed by atoms with van der Waals surface area (Å²) in [7, 11) is -2.57. The first kappa shape index (κ1) is 23.4. The van der Waals surface area contributed by atoms with Crippen LogP contribution in [-0.2, 0) is 14.8 Å². The summed E-state index contributed by atoms with van der Waals surface area (Å²) in [5.74, 6) is -0.102. The minimum atomic E-state index is -4.06. The van der Waals surface area contributed by atoms with Crippen molar-refractivity contribution >= 4 is 43.8 Å². The Hall–Kier alpha value is -3.24. The predicted octanol–water partition coefficient (Wildman–Crippen LogP) is 3.51. The number of sulfonamides is 1. The van der Waals surface area contributed by atoms with E-state index >= 15 is 0 Å². The molecule has 1 aromatic heterocycles. The zero-order chi connectivity index (χ0) is 23.1. The van der Waals surface area contributed by atoms with Crippen LogP contribution in [0.15, 0.2) is 81.5 Å². The van der Waals surface area contributed by atoms with E-state index in [1.54, 1.807) is 54.9 Å². The van der Waals surface area contributed by atoms with Gasteiger partial charge in [-0.1, -0.05) is 23.8 Å². The molecule has 0 saturated heterocycles. The van der Waals surface area contributed by atoms with E-state index in [1.165, 1.54) is 25.5 Å². The van der Waals surface area contributed by atoms with Gasteiger partial charge in [-0.15, -0.1) is 0 Å². The molecule has 0 fully saturated rings. The van der Waals surface area contributed by atoms with E-state index in [2.05, 4.69) is 31.4 Å². The monoisotopic (exact) mass is 516 g/mol. The van der Waals surface area contributed by atoms with Crippen molar-refractivity contribution in [3.63, 3.8) is 0 Å². The van der Waals surface area contributed by atoms with Crippen LogP contribution in [0.4, 0.5) is 5.69 Å². The molecule has 0 aliphatic heterocycles. The van der Waals surface area contributed by atoms with Crippen LogP contribution >= 0.6 is 15.9 Å². The number of rotatable bonds is 8. The summed E-state index contributed by atoms with van der Waals surface area (Å²) in [4.78, 5) is 16.5. The molecule has 10 heteroatoms. The Bertz CT molecular complexity index is 1220. The van der Waals surface area contributed by atoms with Crippen LogP contribution < -0.4 is 14.5 Å². The molecular weight excluding hydrogens is 496 g/mol. The largest absolute Gasteiger partial charge is 0.496 e. The Morgan fingerprint density at radius 1 is 1.22 bits per heavy atom. The normalized spacial score (nSPS) is 11.3. The molecule has 0 aliphatic carbocycles. The lowest BCUT2D eigenvalue weighted by molar-refractivity contribution is -0.119. The second-order valence-electron chi connectivity index (χ2n) is 6.72. The number of aromatic nitrogens is 1. The van der Waals surface area contributed by atoms with Gasteiger partial charge in [0.1, 0.15) is 12.3 Å². The fraction of sp³-hybridized carbons (Fsp3) is 0.136. The summed E-state index contributed by atoms with van der Waals surface area (Å²) >= 11 is 3.31. The number of anilines is 1. The zero-order valence-electron chi connectivity index (χ0n) is 17.4.